The van der Waals surface area contributed by atoms with Gasteiger partial charge < -0.3 is 10.2 Å². The molecule has 1 aliphatic heterocycles. The first-order valence-corrected chi connectivity index (χ1v) is 12.1. The number of hydrogen-bond acceptors (Lipinski definition) is 4. The fraction of sp³-hybridized carbons (Fsp3) is 0.409. The molecule has 2 aromatic rings. The van der Waals surface area contributed by atoms with Crippen molar-refractivity contribution in [1.82, 2.24) is 5.32 Å². The zero-order valence-electron chi connectivity index (χ0n) is 17.5. The lowest BCUT2D eigenvalue weighted by atomic mass is 10.2. The molecule has 0 saturated heterocycles. The van der Waals surface area contributed by atoms with Gasteiger partial charge in [0.15, 0.2) is 11.6 Å². The van der Waals surface area contributed by atoms with E-state index in [0.717, 1.165) is 48.6 Å². The summed E-state index contributed by atoms with van der Waals surface area (Å²) < 4.78 is 51.7. The molecule has 0 radical (unpaired) electrons. The summed E-state index contributed by atoms with van der Waals surface area (Å²) in [5.41, 5.74) is 2.64. The fourth-order valence-electron chi connectivity index (χ4n) is 3.73. The van der Waals surface area contributed by atoms with Gasteiger partial charge in [-0.2, -0.15) is 0 Å². The van der Waals surface area contributed by atoms with Crippen LogP contribution < -0.4 is 14.5 Å². The summed E-state index contributed by atoms with van der Waals surface area (Å²) >= 11 is 0. The average Bonchev–Trinajstić information content (AvgIpc) is 3.13. The van der Waals surface area contributed by atoms with E-state index in [9.17, 15) is 22.0 Å². The van der Waals surface area contributed by atoms with Crippen LogP contribution >= 0.6 is 0 Å². The van der Waals surface area contributed by atoms with E-state index in [4.69, 9.17) is 0 Å². The molecule has 6 nitrogen and oxygen atoms in total. The molecule has 9 heteroatoms. The molecule has 3 rings (SSSR count). The van der Waals surface area contributed by atoms with E-state index in [-0.39, 0.29) is 31.0 Å². The van der Waals surface area contributed by atoms with Gasteiger partial charge in [-0.25, -0.2) is 17.2 Å². The third-order valence-corrected chi connectivity index (χ3v) is 6.46. The highest BCUT2D eigenvalue weighted by atomic mass is 32.2. The molecule has 31 heavy (non-hydrogen) atoms. The van der Waals surface area contributed by atoms with Crippen LogP contribution in [0.15, 0.2) is 42.5 Å². The molecular formula is C22H27F2N3O3S. The van der Waals surface area contributed by atoms with Crippen molar-refractivity contribution < 1.29 is 22.0 Å². The van der Waals surface area contributed by atoms with Crippen molar-refractivity contribution in [1.29, 1.82) is 0 Å². The number of sulfonamides is 1. The Morgan fingerprint density at radius 2 is 1.90 bits per heavy atom. The highest BCUT2D eigenvalue weighted by molar-refractivity contribution is 7.92. The molecule has 0 atom stereocenters. The fourth-order valence-corrected chi connectivity index (χ4v) is 4.69. The molecule has 0 spiro atoms. The normalized spacial score (nSPS) is 13.2. The van der Waals surface area contributed by atoms with E-state index < -0.39 is 21.7 Å². The Balaban J connectivity index is 1.41. The highest BCUT2D eigenvalue weighted by Gasteiger charge is 2.20. The van der Waals surface area contributed by atoms with Crippen molar-refractivity contribution >= 4 is 27.3 Å². The Morgan fingerprint density at radius 3 is 2.65 bits per heavy atom. The number of anilines is 2. The molecule has 0 aromatic heterocycles. The minimum absolute atomic E-state index is 0.00187. The third-order valence-electron chi connectivity index (χ3n) is 5.27. The Kier molecular flexibility index (Phi) is 7.48. The predicted octanol–water partition coefficient (Wildman–Crippen LogP) is 3.08. The van der Waals surface area contributed by atoms with Gasteiger partial charge in [-0.1, -0.05) is 18.2 Å². The number of rotatable bonds is 10. The van der Waals surface area contributed by atoms with Crippen molar-refractivity contribution in [2.24, 2.45) is 0 Å². The summed E-state index contributed by atoms with van der Waals surface area (Å²) in [5, 5.41) is 2.86. The number of nitrogens with zero attached hydrogens (tertiary/aromatic N) is 2. The molecule has 0 bridgehead atoms. The van der Waals surface area contributed by atoms with E-state index >= 15 is 0 Å². The Labute approximate surface area is 181 Å². The summed E-state index contributed by atoms with van der Waals surface area (Å²) in [4.78, 5) is 14.4. The van der Waals surface area contributed by atoms with Gasteiger partial charge in [0.25, 0.3) is 0 Å². The van der Waals surface area contributed by atoms with Crippen LogP contribution in [-0.4, -0.2) is 46.8 Å². The van der Waals surface area contributed by atoms with Crippen LogP contribution in [0.25, 0.3) is 0 Å². The molecule has 0 saturated carbocycles. The topological polar surface area (TPSA) is 69.7 Å². The molecule has 1 N–H and O–H groups in total. The molecule has 0 unspecified atom stereocenters. The van der Waals surface area contributed by atoms with Crippen molar-refractivity contribution in [3.05, 3.63) is 59.7 Å². The number of fused-ring (bicyclic) bond motifs is 1. The summed E-state index contributed by atoms with van der Waals surface area (Å²) in [5.74, 6) is -2.33. The zero-order valence-corrected chi connectivity index (χ0v) is 18.3. The molecular weight excluding hydrogens is 424 g/mol. The number of benzene rings is 2. The number of carbonyl (C=O) groups excluding carboxylic acids is 1. The van der Waals surface area contributed by atoms with Gasteiger partial charge in [0.1, 0.15) is 0 Å². The van der Waals surface area contributed by atoms with Gasteiger partial charge in [0, 0.05) is 44.4 Å². The highest BCUT2D eigenvalue weighted by Crippen LogP contribution is 2.27. The molecule has 2 aromatic carbocycles. The van der Waals surface area contributed by atoms with Gasteiger partial charge in [-0.15, -0.1) is 0 Å². The van der Waals surface area contributed by atoms with Crippen LogP contribution in [0.3, 0.4) is 0 Å². The second-order valence-corrected chi connectivity index (χ2v) is 9.51. The van der Waals surface area contributed by atoms with Gasteiger partial charge >= 0.3 is 0 Å². The Hall–Kier alpha value is -2.68. The number of para-hydroxylation sites is 1. The first-order chi connectivity index (χ1) is 14.8. The van der Waals surface area contributed by atoms with Crippen LogP contribution in [-0.2, 0) is 21.2 Å². The van der Waals surface area contributed by atoms with Crippen molar-refractivity contribution in [3.63, 3.8) is 0 Å². The predicted molar refractivity (Wildman–Crippen MR) is 118 cm³/mol. The second kappa shape index (κ2) is 10.1. The largest absolute Gasteiger partial charge is 0.371 e. The summed E-state index contributed by atoms with van der Waals surface area (Å²) in [6, 6.07) is 11.2. The second-order valence-electron chi connectivity index (χ2n) is 7.61. The van der Waals surface area contributed by atoms with Crippen molar-refractivity contribution in [2.45, 2.75) is 25.7 Å². The van der Waals surface area contributed by atoms with Crippen LogP contribution in [0.1, 0.15) is 24.8 Å². The van der Waals surface area contributed by atoms with Gasteiger partial charge in [0.05, 0.1) is 11.9 Å². The van der Waals surface area contributed by atoms with Crippen LogP contribution in [0.4, 0.5) is 20.2 Å². The third kappa shape index (κ3) is 6.16. The quantitative estimate of drug-likeness (QED) is 0.564. The van der Waals surface area contributed by atoms with E-state index in [1.165, 1.54) is 17.3 Å². The lowest BCUT2D eigenvalue weighted by Crippen LogP contribution is -2.33. The maximum atomic E-state index is 13.5. The Morgan fingerprint density at radius 1 is 1.13 bits per heavy atom. The van der Waals surface area contributed by atoms with Crippen LogP contribution in [0, 0.1) is 11.6 Å². The smallest absolute Gasteiger partial charge is 0.232 e. The van der Waals surface area contributed by atoms with E-state index in [0.29, 0.717) is 6.54 Å². The molecule has 168 valence electrons. The molecule has 0 fully saturated rings. The lowest BCUT2D eigenvalue weighted by molar-refractivity contribution is -0.121. The van der Waals surface area contributed by atoms with Gasteiger partial charge in [-0.3, -0.25) is 9.10 Å². The SMILES string of the molecule is CS(=O)(=O)N(CCCC(=O)NCCCN1CCc2ccccc21)c1ccc(F)c(F)c1. The van der Waals surface area contributed by atoms with Crippen LogP contribution in [0.5, 0.6) is 0 Å². The minimum atomic E-state index is -3.69. The van der Waals surface area contributed by atoms with Gasteiger partial charge in [0.2, 0.25) is 15.9 Å². The van der Waals surface area contributed by atoms with Crippen LogP contribution in [0.2, 0.25) is 0 Å². The monoisotopic (exact) mass is 451 g/mol. The molecule has 0 aliphatic carbocycles. The first-order valence-electron chi connectivity index (χ1n) is 10.3. The molecule has 1 heterocycles. The summed E-state index contributed by atoms with van der Waals surface area (Å²) in [7, 11) is -3.69. The average molecular weight is 452 g/mol. The van der Waals surface area contributed by atoms with Gasteiger partial charge in [-0.05, 0) is 43.0 Å². The zero-order chi connectivity index (χ0) is 22.4. The van der Waals surface area contributed by atoms with E-state index in [1.807, 2.05) is 12.1 Å². The number of nitrogens with one attached hydrogen (secondary N) is 1. The standard InChI is InChI=1S/C22H27F2N3O3S/c1-31(29,30)27(18-9-10-19(23)20(24)16-18)14-4-8-22(28)25-12-5-13-26-15-11-17-6-2-3-7-21(17)26/h2-3,6-7,9-10,16H,4-5,8,11-15H2,1H3,(H,25,28). The number of amides is 1. The van der Waals surface area contributed by atoms with E-state index in [2.05, 4.69) is 22.3 Å². The van der Waals surface area contributed by atoms with Crippen molar-refractivity contribution in [2.75, 3.05) is 41.6 Å². The number of hydrogen-bond donors (Lipinski definition) is 1. The first kappa shape index (κ1) is 23.0. The number of halogens is 2. The maximum Gasteiger partial charge on any atom is 0.232 e. The molecule has 1 amide bonds. The summed E-state index contributed by atoms with van der Waals surface area (Å²) in [6.45, 7) is 2.38. The Bertz CT molecular complexity index is 1030. The maximum absolute atomic E-state index is 13.5. The molecule has 1 aliphatic rings. The van der Waals surface area contributed by atoms with Crippen molar-refractivity contribution in [3.8, 4) is 0 Å². The summed E-state index contributed by atoms with van der Waals surface area (Å²) in [6.07, 6.45) is 3.24. The number of carbonyl (C=O) groups is 1. The lowest BCUT2D eigenvalue weighted by Gasteiger charge is -2.22. The minimum Gasteiger partial charge on any atom is -0.371 e. The van der Waals surface area contributed by atoms with E-state index in [1.54, 1.807) is 0 Å².